The summed E-state index contributed by atoms with van der Waals surface area (Å²) in [5.74, 6) is -11.0. The number of halogens is 5. The Morgan fingerprint density at radius 1 is 0.529 bits per heavy atom. The Morgan fingerprint density at radius 3 is 1.19 bits per heavy atom. The molecule has 4 aromatic rings. The Hall–Kier alpha value is -7.04. The predicted molar refractivity (Wildman–Crippen MR) is 239 cm³/mol. The maximum absolute atomic E-state index is 12.2. The van der Waals surface area contributed by atoms with Crippen LogP contribution in [0.25, 0.3) is 0 Å². The van der Waals surface area contributed by atoms with Crippen LogP contribution in [0.1, 0.15) is 118 Å². The van der Waals surface area contributed by atoms with Crippen molar-refractivity contribution in [2.45, 2.75) is 80.3 Å². The molecule has 0 unspecified atom stereocenters. The summed E-state index contributed by atoms with van der Waals surface area (Å²) in [5, 5.41) is 105. The molecule has 0 radical (unpaired) electrons. The van der Waals surface area contributed by atoms with Crippen molar-refractivity contribution in [3.05, 3.63) is 125 Å². The van der Waals surface area contributed by atoms with Gasteiger partial charge in [-0.25, -0.2) is 9.59 Å². The highest BCUT2D eigenvalue weighted by molar-refractivity contribution is 14.1. The molecule has 0 heterocycles. The van der Waals surface area contributed by atoms with Gasteiger partial charge >= 0.3 is 18.1 Å². The maximum atomic E-state index is 12.2. The summed E-state index contributed by atoms with van der Waals surface area (Å²) < 4.78 is 37.8. The van der Waals surface area contributed by atoms with Crippen molar-refractivity contribution >= 4 is 98.9 Å². The van der Waals surface area contributed by atoms with Gasteiger partial charge in [-0.3, -0.25) is 0 Å². The summed E-state index contributed by atoms with van der Waals surface area (Å²) in [4.78, 5) is 87.2. The van der Waals surface area contributed by atoms with Crippen LogP contribution in [0.2, 0.25) is 0 Å². The van der Waals surface area contributed by atoms with Gasteiger partial charge in [-0.1, -0.05) is 93.3 Å². The number of carbonyl (C=O) groups is 9. The second-order valence-corrected chi connectivity index (χ2v) is 14.7. The molecule has 0 aliphatic rings. The van der Waals surface area contributed by atoms with Crippen molar-refractivity contribution in [1.29, 1.82) is 0 Å². The highest BCUT2D eigenvalue weighted by Crippen LogP contribution is 2.30. The second-order valence-electron chi connectivity index (χ2n) is 12.3. The number of carbonyl (C=O) groups excluding carboxylic acids is 7. The molecule has 0 amide bonds. The molecular formula is C45H44F3I2O20-9. The van der Waals surface area contributed by atoms with E-state index in [9.17, 15) is 92.4 Å². The molecule has 0 aromatic heterocycles. The Morgan fingerprint density at radius 2 is 0.900 bits per heavy atom. The van der Waals surface area contributed by atoms with Gasteiger partial charge in [0.05, 0.1) is 28.6 Å². The number of carboxylic acids is 9. The molecule has 0 saturated heterocycles. The number of hydrogen-bond donors (Lipinski definition) is 2. The molecule has 0 bridgehead atoms. The molecule has 25 heteroatoms. The van der Waals surface area contributed by atoms with Crippen LogP contribution in [0.4, 0.5) is 13.2 Å². The number of aromatic carboxylic acids is 4. The lowest BCUT2D eigenvalue weighted by Gasteiger charge is -2.12. The highest BCUT2D eigenvalue weighted by atomic mass is 127. The smallest absolute Gasteiger partial charge is 0.416 e. The number of aliphatic carboxylic acids is 5. The lowest BCUT2D eigenvalue weighted by molar-refractivity contribution is -0.306. The molecule has 388 valence electrons. The van der Waals surface area contributed by atoms with Crippen LogP contribution in [-0.2, 0) is 30.1 Å². The molecule has 4 aromatic carbocycles. The summed E-state index contributed by atoms with van der Waals surface area (Å²) >= 11 is 3.80. The fourth-order valence-corrected chi connectivity index (χ4v) is 5.01. The van der Waals surface area contributed by atoms with Gasteiger partial charge in [0.1, 0.15) is 0 Å². The summed E-state index contributed by atoms with van der Waals surface area (Å²) in [7, 11) is 0. The van der Waals surface area contributed by atoms with E-state index in [2.05, 4.69) is 0 Å². The van der Waals surface area contributed by atoms with Crippen molar-refractivity contribution in [2.75, 3.05) is 0 Å². The van der Waals surface area contributed by atoms with Gasteiger partial charge in [0.15, 0.2) is 0 Å². The van der Waals surface area contributed by atoms with Crippen molar-refractivity contribution < 1.29 is 112 Å². The first kappa shape index (κ1) is 71.9. The maximum Gasteiger partial charge on any atom is 0.416 e. The van der Waals surface area contributed by atoms with Crippen molar-refractivity contribution in [2.24, 2.45) is 0 Å². The van der Waals surface area contributed by atoms with E-state index < -0.39 is 82.5 Å². The van der Waals surface area contributed by atoms with E-state index in [1.807, 2.05) is 45.2 Å². The third-order valence-electron chi connectivity index (χ3n) is 6.41. The first-order chi connectivity index (χ1) is 32.0. The van der Waals surface area contributed by atoms with Crippen LogP contribution in [0.5, 0.6) is 11.5 Å². The van der Waals surface area contributed by atoms with E-state index in [1.165, 1.54) is 65.0 Å². The Bertz CT molecular complexity index is 2240. The monoisotopic (exact) mass is 1220 g/mol. The predicted octanol–water partition coefficient (Wildman–Crippen LogP) is -0.797. The molecular weight excluding hydrogens is 1170 g/mol. The van der Waals surface area contributed by atoms with E-state index in [4.69, 9.17) is 20.1 Å². The minimum atomic E-state index is -4.53. The standard InChI is InChI=1S/C9H7F3O2.C8H8O3.C7H4I2O3.C7H6O2.4C3H6O2.C2H4O2/c1-5-2-6(8(13)14)4-7(3-5)9(10,11)12;1-5-2-3-6(8(10)11)7(9)4-5;8-3-1-4(7(11)12)6(10)5(9)2-3;8-7(9)6-4-2-1-3-5-6;4*1-2-3(4)5;1-2(3)4/h2-4H,1H3,(H,13,14);2-4,9H,1H3,(H,10,11);1-2,10H,(H,11,12);1-5H,(H,8,9);4*2H2,1H3,(H,4,5);1H3,(H,3,4)/p-9. The first-order valence-electron chi connectivity index (χ1n) is 19.1. The van der Waals surface area contributed by atoms with Crippen LogP contribution < -0.4 is 46.0 Å². The molecule has 20 nitrogen and oxygen atoms in total. The number of rotatable bonds is 8. The van der Waals surface area contributed by atoms with Gasteiger partial charge in [0.25, 0.3) is 0 Å². The van der Waals surface area contributed by atoms with Crippen molar-refractivity contribution in [3.8, 4) is 11.5 Å². The molecule has 0 aliphatic carbocycles. The lowest BCUT2D eigenvalue weighted by Crippen LogP contribution is -2.23. The van der Waals surface area contributed by atoms with Crippen molar-refractivity contribution in [1.82, 2.24) is 0 Å². The molecule has 0 aliphatic heterocycles. The minimum Gasteiger partial charge on any atom is -0.872 e. The van der Waals surface area contributed by atoms with E-state index in [1.54, 1.807) is 37.3 Å². The SMILES string of the molecule is CC(=O)[O-].CCC(=O)[O-].CCC(=O)[O-].CCC(=O)[O-].CCC(=O)[O-].Cc1cc(C(=O)[O-])cc(C(F)(F)F)c1.Cc1ccc(C(=O)O)c([O-])c1.O=C(O)c1cc(I)cc(I)c1[O-].O=C([O-])c1ccccc1. The zero-order valence-electron chi connectivity index (χ0n) is 38.0. The summed E-state index contributed by atoms with van der Waals surface area (Å²) in [6, 6.07) is 17.9. The zero-order valence-corrected chi connectivity index (χ0v) is 42.3. The van der Waals surface area contributed by atoms with E-state index in [-0.39, 0.29) is 47.9 Å². The van der Waals surface area contributed by atoms with Gasteiger partial charge in [0.2, 0.25) is 0 Å². The molecule has 0 spiro atoms. The quantitative estimate of drug-likeness (QED) is 0.204. The van der Waals surface area contributed by atoms with Gasteiger partial charge in [-0.2, -0.15) is 13.2 Å². The number of hydrogen-bond acceptors (Lipinski definition) is 18. The van der Waals surface area contributed by atoms with Gasteiger partial charge < -0.3 is 89.7 Å². The fourth-order valence-electron chi connectivity index (χ4n) is 3.16. The van der Waals surface area contributed by atoms with E-state index >= 15 is 0 Å². The topological polar surface area (TPSA) is 402 Å². The first-order valence-corrected chi connectivity index (χ1v) is 21.3. The average Bonchev–Trinajstić information content (AvgIpc) is 3.25. The van der Waals surface area contributed by atoms with E-state index in [0.717, 1.165) is 28.2 Å². The summed E-state index contributed by atoms with van der Waals surface area (Å²) in [5.41, 5.74) is -0.535. The van der Waals surface area contributed by atoms with Gasteiger partial charge in [-0.15, -0.1) is 0 Å². The number of alkyl halides is 3. The van der Waals surface area contributed by atoms with Crippen LogP contribution in [0.15, 0.2) is 78.9 Å². The van der Waals surface area contributed by atoms with Gasteiger partial charge in [0, 0.05) is 37.0 Å². The van der Waals surface area contributed by atoms with Gasteiger partial charge in [-0.05, 0) is 139 Å². The normalized spacial score (nSPS) is 9.09. The lowest BCUT2D eigenvalue weighted by atomic mass is 10.1. The molecule has 0 saturated carbocycles. The van der Waals surface area contributed by atoms with Crippen LogP contribution in [0.3, 0.4) is 0 Å². The average molecular weight is 1220 g/mol. The third-order valence-corrected chi connectivity index (χ3v) is 7.83. The second kappa shape index (κ2) is 39.9. The Balaban J connectivity index is -0.000000235. The fraction of sp³-hybridized carbons (Fsp3) is 0.267. The van der Waals surface area contributed by atoms with E-state index in [0.29, 0.717) is 9.64 Å². The third kappa shape index (κ3) is 42.3. The number of carboxylic acid groups (broad SMARTS) is 9. The number of aryl methyl sites for hydroxylation is 2. The Kier molecular flexibility index (Phi) is 41.0. The van der Waals surface area contributed by atoms with Crippen LogP contribution in [0, 0.1) is 21.0 Å². The minimum absolute atomic E-state index is 0.111. The largest absolute Gasteiger partial charge is 0.872 e. The molecule has 2 N–H and O–H groups in total. The van der Waals surface area contributed by atoms with Crippen LogP contribution >= 0.6 is 45.2 Å². The molecule has 4 rings (SSSR count). The van der Waals surface area contributed by atoms with Crippen molar-refractivity contribution in [3.63, 3.8) is 0 Å². The molecule has 0 atom stereocenters. The number of benzene rings is 4. The zero-order chi connectivity index (χ0) is 56.1. The highest BCUT2D eigenvalue weighted by Gasteiger charge is 2.30. The summed E-state index contributed by atoms with van der Waals surface area (Å²) in [6.07, 6.45) is -4.09. The summed E-state index contributed by atoms with van der Waals surface area (Å²) in [6.45, 7) is 10.3. The van der Waals surface area contributed by atoms with Crippen LogP contribution in [-0.4, -0.2) is 63.9 Å². The molecule has 70 heavy (non-hydrogen) atoms. The Labute approximate surface area is 426 Å². The molecule has 0 fully saturated rings.